The van der Waals surface area contributed by atoms with Gasteiger partial charge in [-0.15, -0.1) is 11.3 Å². The Kier molecular flexibility index (Phi) is 7.42. The molecule has 1 aromatic carbocycles. The summed E-state index contributed by atoms with van der Waals surface area (Å²) in [7, 11) is 0. The van der Waals surface area contributed by atoms with E-state index in [0.29, 0.717) is 4.88 Å². The number of hydrogen-bond acceptors (Lipinski definition) is 6. The molecule has 1 fully saturated rings. The van der Waals surface area contributed by atoms with Crippen molar-refractivity contribution in [2.45, 2.75) is 25.4 Å². The van der Waals surface area contributed by atoms with Crippen LogP contribution in [0.5, 0.6) is 0 Å². The van der Waals surface area contributed by atoms with Crippen molar-refractivity contribution in [2.24, 2.45) is 0 Å². The zero-order valence-electron chi connectivity index (χ0n) is 17.9. The van der Waals surface area contributed by atoms with Gasteiger partial charge in [0.1, 0.15) is 5.84 Å². The number of thiophene rings is 1. The highest BCUT2D eigenvalue weighted by Crippen LogP contribution is 2.23. The van der Waals surface area contributed by atoms with E-state index in [9.17, 15) is 4.79 Å². The SMILES string of the molecule is N=C(/C=C\Nc1cccnc1)N(C(=O)c1cccs1)C1CCN(Cc2ccccc2)CC1. The highest BCUT2D eigenvalue weighted by molar-refractivity contribution is 7.12. The fourth-order valence-corrected chi connectivity index (χ4v) is 4.57. The summed E-state index contributed by atoms with van der Waals surface area (Å²) in [4.78, 5) is 22.1. The molecule has 7 heteroatoms. The number of nitrogens with zero attached hydrogens (tertiary/aromatic N) is 3. The number of likely N-dealkylation sites (tertiary alicyclic amines) is 1. The molecular weight excluding hydrogens is 418 g/mol. The number of carbonyl (C=O) groups excluding carboxylic acids is 1. The van der Waals surface area contributed by atoms with Crippen LogP contribution in [0, 0.1) is 5.41 Å². The van der Waals surface area contributed by atoms with Crippen LogP contribution >= 0.6 is 11.3 Å². The smallest absolute Gasteiger partial charge is 0.269 e. The van der Waals surface area contributed by atoms with E-state index in [1.807, 2.05) is 35.7 Å². The zero-order valence-corrected chi connectivity index (χ0v) is 18.7. The summed E-state index contributed by atoms with van der Waals surface area (Å²) >= 11 is 1.42. The van der Waals surface area contributed by atoms with E-state index < -0.39 is 0 Å². The molecule has 0 unspecified atom stereocenters. The van der Waals surface area contributed by atoms with E-state index in [1.54, 1.807) is 29.6 Å². The molecule has 32 heavy (non-hydrogen) atoms. The minimum atomic E-state index is -0.0995. The lowest BCUT2D eigenvalue weighted by atomic mass is 10.0. The van der Waals surface area contributed by atoms with Crippen molar-refractivity contribution in [1.29, 1.82) is 5.41 Å². The van der Waals surface area contributed by atoms with Gasteiger partial charge in [0.2, 0.25) is 0 Å². The molecule has 6 nitrogen and oxygen atoms in total. The lowest BCUT2D eigenvalue weighted by Gasteiger charge is -2.38. The van der Waals surface area contributed by atoms with Gasteiger partial charge < -0.3 is 5.32 Å². The quantitative estimate of drug-likeness (QED) is 0.403. The number of anilines is 1. The summed E-state index contributed by atoms with van der Waals surface area (Å²) < 4.78 is 0. The number of hydrogen-bond donors (Lipinski definition) is 2. The molecule has 0 bridgehead atoms. The van der Waals surface area contributed by atoms with Crippen LogP contribution in [0.1, 0.15) is 28.1 Å². The van der Waals surface area contributed by atoms with E-state index in [-0.39, 0.29) is 17.8 Å². The molecule has 1 aliphatic rings. The Hall–Kier alpha value is -3.29. The molecule has 0 spiro atoms. The fraction of sp³-hybridized carbons (Fsp3) is 0.240. The second-order valence-electron chi connectivity index (χ2n) is 7.75. The van der Waals surface area contributed by atoms with Crippen LogP contribution < -0.4 is 5.32 Å². The van der Waals surface area contributed by atoms with E-state index in [0.717, 1.165) is 38.2 Å². The number of benzene rings is 1. The largest absolute Gasteiger partial charge is 0.360 e. The number of pyridine rings is 1. The predicted molar refractivity (Wildman–Crippen MR) is 130 cm³/mol. The van der Waals surface area contributed by atoms with Gasteiger partial charge in [-0.2, -0.15) is 0 Å². The molecule has 1 aliphatic heterocycles. The summed E-state index contributed by atoms with van der Waals surface area (Å²) in [5.41, 5.74) is 2.14. The third-order valence-electron chi connectivity index (χ3n) is 5.53. The zero-order chi connectivity index (χ0) is 22.2. The van der Waals surface area contributed by atoms with Crippen molar-refractivity contribution in [1.82, 2.24) is 14.8 Å². The molecule has 0 aliphatic carbocycles. The topological polar surface area (TPSA) is 72.3 Å². The van der Waals surface area contributed by atoms with Crippen LogP contribution in [0.3, 0.4) is 0 Å². The maximum atomic E-state index is 13.3. The minimum Gasteiger partial charge on any atom is -0.360 e. The van der Waals surface area contributed by atoms with E-state index >= 15 is 0 Å². The first-order chi connectivity index (χ1) is 15.7. The lowest BCUT2D eigenvalue weighted by molar-refractivity contribution is 0.0734. The lowest BCUT2D eigenvalue weighted by Crippen LogP contribution is -2.49. The number of aromatic nitrogens is 1. The van der Waals surface area contributed by atoms with Gasteiger partial charge in [-0.1, -0.05) is 36.4 Å². The van der Waals surface area contributed by atoms with Crippen LogP contribution in [0.15, 0.2) is 84.6 Å². The van der Waals surface area contributed by atoms with Crippen LogP contribution in [-0.4, -0.2) is 45.7 Å². The molecule has 0 radical (unpaired) electrons. The van der Waals surface area contributed by atoms with Crippen molar-refractivity contribution < 1.29 is 4.79 Å². The third-order valence-corrected chi connectivity index (χ3v) is 6.39. The number of nitrogens with one attached hydrogen (secondary N) is 2. The van der Waals surface area contributed by atoms with Crippen molar-refractivity contribution in [3.8, 4) is 0 Å². The molecule has 0 atom stereocenters. The molecule has 2 N–H and O–H groups in total. The Morgan fingerprint density at radius 2 is 1.97 bits per heavy atom. The summed E-state index contributed by atoms with van der Waals surface area (Å²) in [6, 6.07) is 17.9. The van der Waals surface area contributed by atoms with Gasteiger partial charge in [0.05, 0.1) is 16.8 Å². The Morgan fingerprint density at radius 3 is 2.66 bits per heavy atom. The first kappa shape index (κ1) is 21.9. The number of piperidine rings is 1. The second-order valence-corrected chi connectivity index (χ2v) is 8.70. The Balaban J connectivity index is 1.42. The molecule has 4 rings (SSSR count). The molecule has 1 saturated heterocycles. The van der Waals surface area contributed by atoms with Crippen molar-refractivity contribution in [2.75, 3.05) is 18.4 Å². The average molecular weight is 446 g/mol. The van der Waals surface area contributed by atoms with Gasteiger partial charge in [0, 0.05) is 38.1 Å². The van der Waals surface area contributed by atoms with E-state index in [1.165, 1.54) is 16.9 Å². The van der Waals surface area contributed by atoms with Gasteiger partial charge >= 0.3 is 0 Å². The van der Waals surface area contributed by atoms with Gasteiger partial charge in [-0.25, -0.2) is 0 Å². The Morgan fingerprint density at radius 1 is 1.16 bits per heavy atom. The number of rotatable bonds is 7. The molecule has 164 valence electrons. The van der Waals surface area contributed by atoms with Crippen molar-refractivity contribution >= 4 is 28.8 Å². The number of carbonyl (C=O) groups is 1. The maximum Gasteiger partial charge on any atom is 0.269 e. The fourth-order valence-electron chi connectivity index (χ4n) is 3.91. The maximum absolute atomic E-state index is 13.3. The predicted octanol–water partition coefficient (Wildman–Crippen LogP) is 4.85. The van der Waals surface area contributed by atoms with Crippen LogP contribution in [0.25, 0.3) is 0 Å². The molecule has 3 heterocycles. The van der Waals surface area contributed by atoms with Gasteiger partial charge in [0.15, 0.2) is 0 Å². The summed E-state index contributed by atoms with van der Waals surface area (Å²) in [6.45, 7) is 2.72. The monoisotopic (exact) mass is 445 g/mol. The Labute approximate surface area is 192 Å². The number of amides is 1. The van der Waals surface area contributed by atoms with Gasteiger partial charge in [-0.05, 0) is 48.1 Å². The third kappa shape index (κ3) is 5.69. The first-order valence-corrected chi connectivity index (χ1v) is 11.6. The van der Waals surface area contributed by atoms with Gasteiger partial charge in [0.25, 0.3) is 5.91 Å². The molecule has 1 amide bonds. The van der Waals surface area contributed by atoms with E-state index in [2.05, 4.69) is 39.5 Å². The summed E-state index contributed by atoms with van der Waals surface area (Å²) in [6.07, 6.45) is 8.45. The molecular formula is C25H27N5OS. The highest BCUT2D eigenvalue weighted by Gasteiger charge is 2.31. The highest BCUT2D eigenvalue weighted by atomic mass is 32.1. The molecule has 3 aromatic rings. The minimum absolute atomic E-state index is 0.00663. The summed E-state index contributed by atoms with van der Waals surface area (Å²) in [5, 5.41) is 13.7. The van der Waals surface area contributed by atoms with E-state index in [4.69, 9.17) is 5.41 Å². The summed E-state index contributed by atoms with van der Waals surface area (Å²) in [5.74, 6) is 0.0961. The van der Waals surface area contributed by atoms with Gasteiger partial charge in [-0.3, -0.25) is 25.0 Å². The molecule has 0 saturated carbocycles. The van der Waals surface area contributed by atoms with Crippen molar-refractivity contribution in [3.05, 3.63) is 95.1 Å². The van der Waals surface area contributed by atoms with Crippen LogP contribution in [0.4, 0.5) is 5.69 Å². The normalized spacial score (nSPS) is 15.0. The number of amidine groups is 1. The Bertz CT molecular complexity index is 1030. The van der Waals surface area contributed by atoms with Crippen LogP contribution in [0.2, 0.25) is 0 Å². The molecule has 2 aromatic heterocycles. The second kappa shape index (κ2) is 10.8. The first-order valence-electron chi connectivity index (χ1n) is 10.8. The van der Waals surface area contributed by atoms with Crippen molar-refractivity contribution in [3.63, 3.8) is 0 Å². The standard InChI is InChI=1S/C25H27N5OS/c26-24(10-14-28-21-8-4-13-27-18-21)30(25(31)23-9-5-17-32-23)22-11-15-29(16-12-22)19-20-6-2-1-3-7-20/h1-10,13-14,17-18,22,26,28H,11-12,15-16,19H2/b14-10-,26-24?. The average Bonchev–Trinajstić information content (AvgIpc) is 3.37. The van der Waals surface area contributed by atoms with Crippen LogP contribution in [-0.2, 0) is 6.54 Å².